The monoisotopic (exact) mass is 249 g/mol. The molecule has 0 amide bonds. The Hall–Kier alpha value is -0.770. The van der Waals surface area contributed by atoms with Gasteiger partial charge >= 0.3 is 5.63 Å². The van der Waals surface area contributed by atoms with Gasteiger partial charge in [0.2, 0.25) is 5.15 Å². The van der Waals surface area contributed by atoms with Gasteiger partial charge in [0.05, 0.1) is 5.02 Å². The largest absolute Gasteiger partial charge is 0.419 e. The van der Waals surface area contributed by atoms with E-state index < -0.39 is 5.63 Å². The summed E-state index contributed by atoms with van der Waals surface area (Å²) in [7, 11) is 0. The van der Waals surface area contributed by atoms with Crippen LogP contribution in [-0.4, -0.2) is 4.98 Å². The van der Waals surface area contributed by atoms with Gasteiger partial charge in [-0.3, -0.25) is 0 Å². The molecule has 0 aliphatic heterocycles. The topological polar surface area (TPSA) is 43.1 Å². The lowest BCUT2D eigenvalue weighted by atomic mass is 10.3. The minimum Gasteiger partial charge on any atom is -0.419 e. The second kappa shape index (κ2) is 3.42. The third-order valence-corrected chi connectivity index (χ3v) is 2.32. The van der Waals surface area contributed by atoms with Crippen LogP contribution in [0.1, 0.15) is 0 Å². The van der Waals surface area contributed by atoms with E-state index in [2.05, 4.69) is 4.98 Å². The average molecular weight is 250 g/mol. The first-order chi connectivity index (χ1) is 6.58. The highest BCUT2D eigenvalue weighted by molar-refractivity contribution is 6.38. The number of halogens is 3. The number of hydrogen-bond acceptors (Lipinski definition) is 3. The van der Waals surface area contributed by atoms with Crippen molar-refractivity contribution in [2.75, 3.05) is 0 Å². The Kier molecular flexibility index (Phi) is 2.39. The predicted molar refractivity (Wildman–Crippen MR) is 55.3 cm³/mol. The average Bonchev–Trinajstić information content (AvgIpc) is 2.08. The van der Waals surface area contributed by atoms with Crippen LogP contribution >= 0.6 is 34.8 Å². The maximum Gasteiger partial charge on any atom is 0.374 e. The van der Waals surface area contributed by atoms with Crippen LogP contribution in [0.15, 0.2) is 21.3 Å². The minimum atomic E-state index is -0.711. The van der Waals surface area contributed by atoms with E-state index in [0.29, 0.717) is 10.5 Å². The van der Waals surface area contributed by atoms with Gasteiger partial charge in [-0.15, -0.1) is 0 Å². The van der Waals surface area contributed by atoms with E-state index >= 15 is 0 Å². The normalized spacial score (nSPS) is 10.8. The first-order valence-corrected chi connectivity index (χ1v) is 4.67. The summed E-state index contributed by atoms with van der Waals surface area (Å²) in [6, 6.07) is 2.95. The molecule has 6 heteroatoms. The molecule has 0 aliphatic carbocycles. The standard InChI is InChI=1S/C8H2Cl3NO2/c9-3-1-4(10)6-5(2-3)14-8(13)7(11)12-6/h1-2H. The van der Waals surface area contributed by atoms with E-state index in [-0.39, 0.29) is 15.8 Å². The van der Waals surface area contributed by atoms with Crippen molar-refractivity contribution in [3.63, 3.8) is 0 Å². The molecule has 0 unspecified atom stereocenters. The summed E-state index contributed by atoms with van der Waals surface area (Å²) in [6.45, 7) is 0. The molecule has 3 nitrogen and oxygen atoms in total. The molecular formula is C8H2Cl3NO2. The number of rotatable bonds is 0. The fraction of sp³-hybridized carbons (Fsp3) is 0. The van der Waals surface area contributed by atoms with Gasteiger partial charge in [-0.25, -0.2) is 9.78 Å². The number of nitrogens with zero attached hydrogens (tertiary/aromatic N) is 1. The van der Waals surface area contributed by atoms with Crippen LogP contribution in [0.4, 0.5) is 0 Å². The third-order valence-electron chi connectivity index (χ3n) is 1.57. The van der Waals surface area contributed by atoms with Crippen LogP contribution in [0.25, 0.3) is 11.1 Å². The minimum absolute atomic E-state index is 0.219. The van der Waals surface area contributed by atoms with E-state index in [1.165, 1.54) is 12.1 Å². The van der Waals surface area contributed by atoms with Crippen molar-refractivity contribution in [2.24, 2.45) is 0 Å². The SMILES string of the molecule is O=c1oc2cc(Cl)cc(Cl)c2nc1Cl. The first kappa shape index (κ1) is 9.77. The molecule has 72 valence electrons. The fourth-order valence-corrected chi connectivity index (χ4v) is 1.65. The Morgan fingerprint density at radius 2 is 1.93 bits per heavy atom. The number of fused-ring (bicyclic) bond motifs is 1. The zero-order valence-corrected chi connectivity index (χ0v) is 8.82. The molecular weight excluding hydrogens is 248 g/mol. The molecule has 0 aliphatic rings. The lowest BCUT2D eigenvalue weighted by Gasteiger charge is -1.99. The number of benzene rings is 1. The Balaban J connectivity index is 2.96. The van der Waals surface area contributed by atoms with Crippen molar-refractivity contribution in [1.29, 1.82) is 0 Å². The van der Waals surface area contributed by atoms with Crippen molar-refractivity contribution in [2.45, 2.75) is 0 Å². The molecule has 0 spiro atoms. The molecule has 14 heavy (non-hydrogen) atoms. The molecule has 0 saturated heterocycles. The van der Waals surface area contributed by atoms with E-state index in [4.69, 9.17) is 39.2 Å². The fourth-order valence-electron chi connectivity index (χ4n) is 1.01. The van der Waals surface area contributed by atoms with Crippen molar-refractivity contribution < 1.29 is 4.42 Å². The van der Waals surface area contributed by atoms with Gasteiger partial charge in [-0.1, -0.05) is 34.8 Å². The van der Waals surface area contributed by atoms with Gasteiger partial charge in [0, 0.05) is 11.1 Å². The van der Waals surface area contributed by atoms with Gasteiger partial charge in [-0.2, -0.15) is 0 Å². The van der Waals surface area contributed by atoms with Gasteiger partial charge in [0.15, 0.2) is 5.58 Å². The van der Waals surface area contributed by atoms with Crippen LogP contribution in [0.3, 0.4) is 0 Å². The summed E-state index contributed by atoms with van der Waals surface area (Å²) < 4.78 is 4.84. The van der Waals surface area contributed by atoms with Gasteiger partial charge < -0.3 is 4.42 Å². The molecule has 1 aromatic carbocycles. The third kappa shape index (κ3) is 1.59. The zero-order chi connectivity index (χ0) is 10.3. The van der Waals surface area contributed by atoms with Crippen molar-refractivity contribution >= 4 is 45.9 Å². The predicted octanol–water partition coefficient (Wildman–Crippen LogP) is 3.15. The quantitative estimate of drug-likeness (QED) is 0.721. The lowest BCUT2D eigenvalue weighted by Crippen LogP contribution is -2.01. The van der Waals surface area contributed by atoms with Crippen LogP contribution in [0.5, 0.6) is 0 Å². The first-order valence-electron chi connectivity index (χ1n) is 3.53. The van der Waals surface area contributed by atoms with Crippen molar-refractivity contribution in [3.8, 4) is 0 Å². The molecule has 2 aromatic rings. The lowest BCUT2D eigenvalue weighted by molar-refractivity contribution is 0.555. The summed E-state index contributed by atoms with van der Waals surface area (Å²) in [5, 5.41) is 0.412. The van der Waals surface area contributed by atoms with Crippen LogP contribution in [0, 0.1) is 0 Å². The molecule has 0 bridgehead atoms. The molecule has 0 fully saturated rings. The summed E-state index contributed by atoms with van der Waals surface area (Å²) in [5.74, 6) is 0. The molecule has 0 radical (unpaired) electrons. The Morgan fingerprint density at radius 1 is 1.21 bits per heavy atom. The smallest absolute Gasteiger partial charge is 0.374 e. The molecule has 0 N–H and O–H groups in total. The summed E-state index contributed by atoms with van der Waals surface area (Å²) in [5.41, 5.74) is -0.171. The Bertz CT molecular complexity index is 564. The summed E-state index contributed by atoms with van der Waals surface area (Å²) >= 11 is 17.0. The Morgan fingerprint density at radius 3 is 2.64 bits per heavy atom. The zero-order valence-electron chi connectivity index (χ0n) is 6.55. The highest BCUT2D eigenvalue weighted by Gasteiger charge is 2.08. The summed E-state index contributed by atoms with van der Waals surface area (Å²) in [4.78, 5) is 14.8. The highest BCUT2D eigenvalue weighted by Crippen LogP contribution is 2.26. The number of hydrogen-bond donors (Lipinski definition) is 0. The van der Waals surface area contributed by atoms with Gasteiger partial charge in [0.1, 0.15) is 5.52 Å². The molecule has 1 aromatic heterocycles. The number of aromatic nitrogens is 1. The van der Waals surface area contributed by atoms with Gasteiger partial charge in [-0.05, 0) is 6.07 Å². The summed E-state index contributed by atoms with van der Waals surface area (Å²) in [6.07, 6.45) is 0. The Labute approximate surface area is 93.2 Å². The molecule has 1 heterocycles. The van der Waals surface area contributed by atoms with Crippen molar-refractivity contribution in [3.05, 3.63) is 37.8 Å². The van der Waals surface area contributed by atoms with Crippen LogP contribution in [0.2, 0.25) is 15.2 Å². The van der Waals surface area contributed by atoms with E-state index in [1.807, 2.05) is 0 Å². The van der Waals surface area contributed by atoms with E-state index in [9.17, 15) is 4.79 Å². The van der Waals surface area contributed by atoms with Gasteiger partial charge in [0.25, 0.3) is 0 Å². The molecule has 2 rings (SSSR count). The highest BCUT2D eigenvalue weighted by atomic mass is 35.5. The van der Waals surface area contributed by atoms with Crippen LogP contribution in [-0.2, 0) is 0 Å². The maximum atomic E-state index is 11.0. The van der Waals surface area contributed by atoms with E-state index in [0.717, 1.165) is 0 Å². The molecule has 0 saturated carbocycles. The second-order valence-electron chi connectivity index (χ2n) is 2.53. The molecule has 0 atom stereocenters. The maximum absolute atomic E-state index is 11.0. The van der Waals surface area contributed by atoms with Crippen LogP contribution < -0.4 is 5.63 Å². The van der Waals surface area contributed by atoms with Crippen molar-refractivity contribution in [1.82, 2.24) is 4.98 Å². The second-order valence-corrected chi connectivity index (χ2v) is 3.73. The van der Waals surface area contributed by atoms with E-state index in [1.54, 1.807) is 0 Å².